The summed E-state index contributed by atoms with van der Waals surface area (Å²) >= 11 is 1.72. The molecule has 1 N–H and O–H groups in total. The fraction of sp³-hybridized carbons (Fsp3) is 0.500. The number of aromatic nitrogens is 4. The molecular formula is C20H26N6OS. The Bertz CT molecular complexity index is 999. The second-order valence-corrected chi connectivity index (χ2v) is 8.87. The van der Waals surface area contributed by atoms with Gasteiger partial charge in [-0.15, -0.1) is 11.3 Å². The maximum absolute atomic E-state index is 12.8. The summed E-state index contributed by atoms with van der Waals surface area (Å²) in [7, 11) is 0. The van der Waals surface area contributed by atoms with Gasteiger partial charge in [-0.05, 0) is 46.1 Å². The molecule has 0 radical (unpaired) electrons. The van der Waals surface area contributed by atoms with Gasteiger partial charge in [0, 0.05) is 36.0 Å². The van der Waals surface area contributed by atoms with Crippen LogP contribution >= 0.6 is 11.3 Å². The Hall–Kier alpha value is -2.48. The van der Waals surface area contributed by atoms with Crippen LogP contribution in [0.1, 0.15) is 43.2 Å². The number of carbonyl (C=O) groups excluding carboxylic acids is 1. The first-order valence-electron chi connectivity index (χ1n) is 9.75. The molecular weight excluding hydrogens is 372 g/mol. The molecule has 3 aromatic heterocycles. The van der Waals surface area contributed by atoms with E-state index in [1.807, 2.05) is 10.7 Å². The SMILES string of the molecule is Cc1sc2ncnc(N3CCC(C(=O)Nc4ccnn4C(C)C)CC3)c2c1C. The van der Waals surface area contributed by atoms with Gasteiger partial charge in [-0.1, -0.05) is 0 Å². The molecule has 4 rings (SSSR count). The molecule has 0 aliphatic carbocycles. The van der Waals surface area contributed by atoms with Crippen molar-refractivity contribution < 1.29 is 4.79 Å². The number of nitrogens with one attached hydrogen (secondary N) is 1. The molecule has 0 unspecified atom stereocenters. The van der Waals surface area contributed by atoms with Gasteiger partial charge in [0.1, 0.15) is 22.8 Å². The minimum absolute atomic E-state index is 0.00870. The fourth-order valence-electron chi connectivity index (χ4n) is 3.81. The highest BCUT2D eigenvalue weighted by molar-refractivity contribution is 7.18. The minimum Gasteiger partial charge on any atom is -0.356 e. The summed E-state index contributed by atoms with van der Waals surface area (Å²) < 4.78 is 1.84. The van der Waals surface area contributed by atoms with E-state index in [4.69, 9.17) is 0 Å². The van der Waals surface area contributed by atoms with Gasteiger partial charge in [-0.3, -0.25) is 4.79 Å². The third-order valence-electron chi connectivity index (χ3n) is 5.52. The lowest BCUT2D eigenvalue weighted by Gasteiger charge is -2.32. The molecule has 0 atom stereocenters. The number of rotatable bonds is 4. The van der Waals surface area contributed by atoms with Crippen LogP contribution < -0.4 is 10.2 Å². The van der Waals surface area contributed by atoms with Crippen LogP contribution in [-0.2, 0) is 4.79 Å². The number of hydrogen-bond acceptors (Lipinski definition) is 6. The molecule has 7 nitrogen and oxygen atoms in total. The molecule has 8 heteroatoms. The highest BCUT2D eigenvalue weighted by Gasteiger charge is 2.28. The van der Waals surface area contributed by atoms with Crippen LogP contribution in [0.5, 0.6) is 0 Å². The second kappa shape index (κ2) is 7.50. The van der Waals surface area contributed by atoms with Gasteiger partial charge >= 0.3 is 0 Å². The first kappa shape index (κ1) is 18.9. The maximum atomic E-state index is 12.8. The zero-order chi connectivity index (χ0) is 19.8. The van der Waals surface area contributed by atoms with Gasteiger partial charge in [-0.2, -0.15) is 5.10 Å². The summed E-state index contributed by atoms with van der Waals surface area (Å²) in [6.07, 6.45) is 5.01. The van der Waals surface area contributed by atoms with Crippen molar-refractivity contribution in [2.24, 2.45) is 5.92 Å². The van der Waals surface area contributed by atoms with E-state index in [1.54, 1.807) is 23.9 Å². The first-order valence-corrected chi connectivity index (χ1v) is 10.6. The minimum atomic E-state index is 0.00870. The molecule has 28 heavy (non-hydrogen) atoms. The van der Waals surface area contributed by atoms with Crippen molar-refractivity contribution in [1.29, 1.82) is 0 Å². The Kier molecular flexibility index (Phi) is 5.05. The molecule has 4 heterocycles. The average molecular weight is 399 g/mol. The molecule has 1 aliphatic rings. The number of fused-ring (bicyclic) bond motifs is 1. The number of nitrogens with zero attached hydrogens (tertiary/aromatic N) is 5. The normalized spacial score (nSPS) is 15.5. The van der Waals surface area contributed by atoms with E-state index in [-0.39, 0.29) is 17.9 Å². The number of amides is 1. The summed E-state index contributed by atoms with van der Waals surface area (Å²) in [5.74, 6) is 1.86. The zero-order valence-corrected chi connectivity index (χ0v) is 17.6. The van der Waals surface area contributed by atoms with Gasteiger partial charge < -0.3 is 10.2 Å². The van der Waals surface area contributed by atoms with E-state index in [2.05, 4.69) is 53.0 Å². The Morgan fingerprint density at radius 1 is 1.25 bits per heavy atom. The van der Waals surface area contributed by atoms with Crippen LogP contribution in [0.15, 0.2) is 18.6 Å². The van der Waals surface area contributed by atoms with Crippen LogP contribution in [0.25, 0.3) is 10.2 Å². The molecule has 1 aliphatic heterocycles. The standard InChI is InChI=1S/C20H26N6OS/c1-12(2)26-16(5-8-23-26)24-19(27)15-6-9-25(10-7-15)18-17-13(3)14(4)28-20(17)22-11-21-18/h5,8,11-12,15H,6-7,9-10H2,1-4H3,(H,24,27). The number of thiophene rings is 1. The summed E-state index contributed by atoms with van der Waals surface area (Å²) in [6, 6.07) is 2.07. The van der Waals surface area contributed by atoms with Gasteiger partial charge in [0.15, 0.2) is 0 Å². The van der Waals surface area contributed by atoms with Gasteiger partial charge in [0.05, 0.1) is 11.6 Å². The van der Waals surface area contributed by atoms with Crippen LogP contribution in [0.3, 0.4) is 0 Å². The van der Waals surface area contributed by atoms with E-state index in [1.165, 1.54) is 10.4 Å². The van der Waals surface area contributed by atoms with Crippen molar-refractivity contribution in [2.75, 3.05) is 23.3 Å². The lowest BCUT2D eigenvalue weighted by atomic mass is 9.95. The molecule has 0 spiro atoms. The van der Waals surface area contributed by atoms with Crippen LogP contribution in [0, 0.1) is 19.8 Å². The fourth-order valence-corrected chi connectivity index (χ4v) is 4.80. The van der Waals surface area contributed by atoms with E-state index in [0.29, 0.717) is 0 Å². The predicted molar refractivity (Wildman–Crippen MR) is 113 cm³/mol. The Morgan fingerprint density at radius 2 is 2.00 bits per heavy atom. The summed E-state index contributed by atoms with van der Waals surface area (Å²) in [5, 5.41) is 8.50. The molecule has 148 valence electrons. The van der Waals surface area contributed by atoms with Crippen molar-refractivity contribution in [3.63, 3.8) is 0 Å². The third kappa shape index (κ3) is 3.37. The smallest absolute Gasteiger partial charge is 0.228 e. The van der Waals surface area contributed by atoms with Crippen molar-refractivity contribution in [3.8, 4) is 0 Å². The van der Waals surface area contributed by atoms with Crippen molar-refractivity contribution in [3.05, 3.63) is 29.0 Å². The number of carbonyl (C=O) groups is 1. The Balaban J connectivity index is 1.45. The largest absolute Gasteiger partial charge is 0.356 e. The summed E-state index contributed by atoms with van der Waals surface area (Å²) in [4.78, 5) is 26.4. The second-order valence-electron chi connectivity index (χ2n) is 7.67. The molecule has 1 saturated heterocycles. The first-order chi connectivity index (χ1) is 13.5. The van der Waals surface area contributed by atoms with Gasteiger partial charge in [0.2, 0.25) is 5.91 Å². The van der Waals surface area contributed by atoms with Crippen molar-refractivity contribution in [1.82, 2.24) is 19.7 Å². The topological polar surface area (TPSA) is 75.9 Å². The summed E-state index contributed by atoms with van der Waals surface area (Å²) in [6.45, 7) is 10.0. The van der Waals surface area contributed by atoms with E-state index in [0.717, 1.165) is 47.8 Å². The third-order valence-corrected chi connectivity index (χ3v) is 6.64. The van der Waals surface area contributed by atoms with E-state index in [9.17, 15) is 4.79 Å². The molecule has 3 aromatic rings. The zero-order valence-electron chi connectivity index (χ0n) is 16.8. The maximum Gasteiger partial charge on any atom is 0.228 e. The Morgan fingerprint density at radius 3 is 2.71 bits per heavy atom. The van der Waals surface area contributed by atoms with E-state index < -0.39 is 0 Å². The average Bonchev–Trinajstić information content (AvgIpc) is 3.26. The molecule has 0 bridgehead atoms. The van der Waals surface area contributed by atoms with Crippen LogP contribution in [-0.4, -0.2) is 38.7 Å². The quantitative estimate of drug-likeness (QED) is 0.720. The molecule has 1 amide bonds. The highest BCUT2D eigenvalue weighted by atomic mass is 32.1. The number of piperidine rings is 1. The van der Waals surface area contributed by atoms with E-state index >= 15 is 0 Å². The number of aryl methyl sites for hydroxylation is 2. The molecule has 0 aromatic carbocycles. The number of hydrogen-bond donors (Lipinski definition) is 1. The summed E-state index contributed by atoms with van der Waals surface area (Å²) in [5.41, 5.74) is 1.26. The number of anilines is 2. The van der Waals surface area contributed by atoms with Crippen LogP contribution in [0.4, 0.5) is 11.6 Å². The van der Waals surface area contributed by atoms with Crippen molar-refractivity contribution >= 4 is 39.1 Å². The molecule has 1 fully saturated rings. The lowest BCUT2D eigenvalue weighted by molar-refractivity contribution is -0.120. The monoisotopic (exact) mass is 398 g/mol. The molecule has 0 saturated carbocycles. The highest BCUT2D eigenvalue weighted by Crippen LogP contribution is 2.35. The van der Waals surface area contributed by atoms with Gasteiger partial charge in [0.25, 0.3) is 0 Å². The Labute approximate surface area is 168 Å². The lowest BCUT2D eigenvalue weighted by Crippen LogP contribution is -2.39. The van der Waals surface area contributed by atoms with Crippen molar-refractivity contribution in [2.45, 2.75) is 46.6 Å². The van der Waals surface area contributed by atoms with Gasteiger partial charge in [-0.25, -0.2) is 14.6 Å². The predicted octanol–water partition coefficient (Wildman–Crippen LogP) is 3.94. The van der Waals surface area contributed by atoms with Crippen LogP contribution in [0.2, 0.25) is 0 Å².